The summed E-state index contributed by atoms with van der Waals surface area (Å²) in [6.45, 7) is 2.14. The normalized spacial score (nSPS) is 9.67. The summed E-state index contributed by atoms with van der Waals surface area (Å²) in [4.78, 5) is 0. The van der Waals surface area contributed by atoms with E-state index in [0.717, 1.165) is 12.8 Å². The van der Waals surface area contributed by atoms with Crippen molar-refractivity contribution in [1.82, 2.24) is 4.67 Å². The standard InChI is InChI=1S/C7H14N2O.BF4/c1-2-3-4-5-6-9-7(8)10;2-1(3,4)5/h6H,2-5H2,1H3,(H2,8,10);/q;-1/p+1. The maximum Gasteiger partial charge on any atom is 0.673 e. The van der Waals surface area contributed by atoms with E-state index in [2.05, 4.69) is 11.6 Å². The van der Waals surface area contributed by atoms with E-state index in [1.165, 1.54) is 12.8 Å². The molecule has 0 aromatic carbocycles. The lowest BCUT2D eigenvalue weighted by molar-refractivity contribution is 0.368. The first-order valence-electron chi connectivity index (χ1n) is 4.48. The summed E-state index contributed by atoms with van der Waals surface area (Å²) in [6, 6.07) is -0.350. The van der Waals surface area contributed by atoms with Crippen molar-refractivity contribution >= 4 is 19.5 Å². The van der Waals surface area contributed by atoms with E-state index in [1.54, 1.807) is 6.21 Å². The van der Waals surface area contributed by atoms with Gasteiger partial charge in [-0.2, -0.15) is 4.67 Å². The minimum absolute atomic E-state index is 0.350. The number of halogens is 4. The predicted octanol–water partition coefficient (Wildman–Crippen LogP) is 1.88. The third kappa shape index (κ3) is 44.3. The summed E-state index contributed by atoms with van der Waals surface area (Å²) in [5, 5.41) is 8.41. The van der Waals surface area contributed by atoms with Gasteiger partial charge >= 0.3 is 13.3 Å². The Bertz CT molecular complexity index is 204. The van der Waals surface area contributed by atoms with Gasteiger partial charge in [-0.25, -0.2) is 5.73 Å². The zero-order valence-corrected chi connectivity index (χ0v) is 8.47. The van der Waals surface area contributed by atoms with Gasteiger partial charge in [0.1, 0.15) is 0 Å². The highest BCUT2D eigenvalue weighted by molar-refractivity contribution is 6.50. The van der Waals surface area contributed by atoms with Crippen molar-refractivity contribution < 1.29 is 22.4 Å². The number of hydrogen-bond acceptors (Lipinski definition) is 0. The molecule has 0 heterocycles. The number of hydrogen-bond donors (Lipinski definition) is 2. The summed E-state index contributed by atoms with van der Waals surface area (Å²) in [5.41, 5.74) is 4.88. The molecule has 3 N–H and O–H groups in total. The molecule has 0 bridgehead atoms. The molecule has 0 spiro atoms. The SMILES string of the molecule is CCCCCC=[N+]=C(N)O.F[B-](F)(F)F. The van der Waals surface area contributed by atoms with Crippen LogP contribution in [0, 0.1) is 0 Å². The molecular formula is C7H15BF4N2O. The van der Waals surface area contributed by atoms with Crippen molar-refractivity contribution in [3.05, 3.63) is 0 Å². The first kappa shape index (κ1) is 16.3. The molecule has 0 amide bonds. The second-order valence-corrected chi connectivity index (χ2v) is 2.66. The number of rotatable bonds is 4. The molecule has 0 rings (SSSR count). The highest BCUT2D eigenvalue weighted by Gasteiger charge is 2.20. The minimum atomic E-state index is -6.00. The van der Waals surface area contributed by atoms with E-state index in [1.807, 2.05) is 0 Å². The Morgan fingerprint density at radius 2 is 1.80 bits per heavy atom. The van der Waals surface area contributed by atoms with Crippen LogP contribution in [0.4, 0.5) is 17.3 Å². The van der Waals surface area contributed by atoms with Crippen molar-refractivity contribution in [2.45, 2.75) is 32.6 Å². The first-order chi connectivity index (χ1) is 6.77. The molecule has 3 nitrogen and oxygen atoms in total. The number of amidine groups is 1. The smallest absolute Gasteiger partial charge is 0.434 e. The van der Waals surface area contributed by atoms with Crippen LogP contribution in [0.2, 0.25) is 0 Å². The Morgan fingerprint density at radius 1 is 1.33 bits per heavy atom. The number of aliphatic hydroxyl groups is 1. The van der Waals surface area contributed by atoms with Crippen molar-refractivity contribution in [3.8, 4) is 0 Å². The van der Waals surface area contributed by atoms with E-state index in [0.29, 0.717) is 0 Å². The fraction of sp³-hybridized carbons (Fsp3) is 0.714. The van der Waals surface area contributed by atoms with Crippen LogP contribution < -0.4 is 10.4 Å². The monoisotopic (exact) mass is 230 g/mol. The van der Waals surface area contributed by atoms with Crippen LogP contribution in [-0.4, -0.2) is 24.6 Å². The van der Waals surface area contributed by atoms with Crippen molar-refractivity contribution in [2.75, 3.05) is 0 Å². The lowest BCUT2D eigenvalue weighted by Gasteiger charge is -1.94. The van der Waals surface area contributed by atoms with Crippen LogP contribution in [0.25, 0.3) is 0 Å². The second kappa shape index (κ2) is 9.39. The molecule has 8 heteroatoms. The molecular weight excluding hydrogens is 215 g/mol. The van der Waals surface area contributed by atoms with Gasteiger partial charge in [0.05, 0.1) is 0 Å². The topological polar surface area (TPSA) is 60.4 Å². The van der Waals surface area contributed by atoms with E-state index < -0.39 is 7.25 Å². The third-order valence-corrected chi connectivity index (χ3v) is 1.16. The van der Waals surface area contributed by atoms with Crippen LogP contribution in [0.3, 0.4) is 0 Å². The number of unbranched alkanes of at least 4 members (excludes halogenated alkanes) is 3. The molecule has 0 aliphatic heterocycles. The molecule has 90 valence electrons. The molecule has 0 unspecified atom stereocenters. The quantitative estimate of drug-likeness (QED) is 0.193. The Morgan fingerprint density at radius 3 is 2.13 bits per heavy atom. The molecule has 0 aliphatic rings. The third-order valence-electron chi connectivity index (χ3n) is 1.16. The highest BCUT2D eigenvalue weighted by Crippen LogP contribution is 2.06. The zero-order chi connectivity index (χ0) is 12.3. The van der Waals surface area contributed by atoms with Gasteiger partial charge in [-0.3, -0.25) is 0 Å². The summed E-state index contributed by atoms with van der Waals surface area (Å²) >= 11 is 0. The molecule has 0 saturated carbocycles. The van der Waals surface area contributed by atoms with Gasteiger partial charge in [0.25, 0.3) is 0 Å². The van der Waals surface area contributed by atoms with Crippen molar-refractivity contribution in [1.29, 1.82) is 0 Å². The van der Waals surface area contributed by atoms with Crippen LogP contribution in [-0.2, 0) is 0 Å². The van der Waals surface area contributed by atoms with E-state index in [-0.39, 0.29) is 6.02 Å². The summed E-state index contributed by atoms with van der Waals surface area (Å²) in [6.07, 6.45) is 6.07. The number of aliphatic hydroxyl groups excluding tert-OH is 1. The molecule has 15 heavy (non-hydrogen) atoms. The molecule has 0 atom stereocenters. The fourth-order valence-electron chi connectivity index (χ4n) is 0.644. The molecule has 0 aromatic heterocycles. The van der Waals surface area contributed by atoms with Gasteiger partial charge in [-0.1, -0.05) is 19.8 Å². The average Bonchev–Trinajstić information content (AvgIpc) is 2.00. The van der Waals surface area contributed by atoms with Crippen LogP contribution in [0.1, 0.15) is 32.6 Å². The molecule has 0 aliphatic carbocycles. The maximum atomic E-state index is 9.75. The fourth-order valence-corrected chi connectivity index (χ4v) is 0.644. The largest absolute Gasteiger partial charge is 0.673 e. The van der Waals surface area contributed by atoms with E-state index in [4.69, 9.17) is 10.8 Å². The van der Waals surface area contributed by atoms with Crippen LogP contribution >= 0.6 is 0 Å². The van der Waals surface area contributed by atoms with E-state index in [9.17, 15) is 17.3 Å². The first-order valence-corrected chi connectivity index (χ1v) is 4.48. The molecule has 0 fully saturated rings. The highest BCUT2D eigenvalue weighted by atomic mass is 19.5. The van der Waals surface area contributed by atoms with Gasteiger partial charge in [-0.15, -0.1) is 0 Å². The van der Waals surface area contributed by atoms with Gasteiger partial charge in [-0.05, 0) is 6.42 Å². The van der Waals surface area contributed by atoms with Crippen molar-refractivity contribution in [3.63, 3.8) is 0 Å². The Kier molecular flexibility index (Phi) is 10.2. The van der Waals surface area contributed by atoms with Gasteiger partial charge in [0, 0.05) is 6.42 Å². The predicted molar refractivity (Wildman–Crippen MR) is 54.3 cm³/mol. The lowest BCUT2D eigenvalue weighted by Crippen LogP contribution is -2.13. The Labute approximate surface area is 85.8 Å². The second-order valence-electron chi connectivity index (χ2n) is 2.66. The Balaban J connectivity index is 0. The summed E-state index contributed by atoms with van der Waals surface area (Å²) in [5.74, 6) is 0. The lowest BCUT2D eigenvalue weighted by atomic mass is 10.2. The molecule has 0 aromatic rings. The van der Waals surface area contributed by atoms with Gasteiger partial charge in [0.2, 0.25) is 0 Å². The maximum absolute atomic E-state index is 9.75. The molecule has 0 radical (unpaired) electrons. The van der Waals surface area contributed by atoms with Crippen LogP contribution in [0.5, 0.6) is 0 Å². The van der Waals surface area contributed by atoms with Crippen molar-refractivity contribution in [2.24, 2.45) is 5.73 Å². The minimum Gasteiger partial charge on any atom is -0.434 e. The zero-order valence-electron chi connectivity index (χ0n) is 8.47. The molecule has 0 saturated heterocycles. The van der Waals surface area contributed by atoms with E-state index >= 15 is 0 Å². The average molecular weight is 230 g/mol. The number of nitrogens with two attached hydrogens (primary N) is 1. The Hall–Kier alpha value is -1.17. The summed E-state index contributed by atoms with van der Waals surface area (Å²) in [7, 11) is -6.00. The van der Waals surface area contributed by atoms with Gasteiger partial charge < -0.3 is 22.4 Å². The van der Waals surface area contributed by atoms with Crippen LogP contribution in [0.15, 0.2) is 0 Å². The summed E-state index contributed by atoms with van der Waals surface area (Å²) < 4.78 is 42.5. The number of nitrogens with zero attached hydrogens (tertiary/aromatic N) is 1. The van der Waals surface area contributed by atoms with Gasteiger partial charge in [0.15, 0.2) is 6.21 Å².